The summed E-state index contributed by atoms with van der Waals surface area (Å²) < 4.78 is 6.37. The third-order valence-electron chi connectivity index (χ3n) is 2.58. The van der Waals surface area contributed by atoms with Gasteiger partial charge < -0.3 is 4.74 Å². The first-order chi connectivity index (χ1) is 8.67. The highest BCUT2D eigenvalue weighted by Crippen LogP contribution is 2.37. The number of hydrogen-bond donors (Lipinski definition) is 2. The highest BCUT2D eigenvalue weighted by atomic mass is 79.9. The molecule has 0 amide bonds. The molecule has 0 aliphatic rings. The fraction of sp³-hybridized carbons (Fsp3) is 0.167. The van der Waals surface area contributed by atoms with Gasteiger partial charge in [0.05, 0.1) is 13.2 Å². The van der Waals surface area contributed by atoms with Crippen molar-refractivity contribution in [3.8, 4) is 5.75 Å². The second-order valence-electron chi connectivity index (χ2n) is 3.62. The molecule has 0 aliphatic heterocycles. The van der Waals surface area contributed by atoms with Gasteiger partial charge in [-0.25, -0.2) is 5.43 Å². The molecular weight excluding hydrogens is 336 g/mol. The first-order valence-corrected chi connectivity index (χ1v) is 7.25. The molecule has 1 heterocycles. The lowest BCUT2D eigenvalue weighted by Crippen LogP contribution is -2.28. The summed E-state index contributed by atoms with van der Waals surface area (Å²) in [6.07, 6.45) is 0. The molecule has 1 atom stereocenters. The normalized spacial score (nSPS) is 12.4. The van der Waals surface area contributed by atoms with Crippen LogP contribution in [0.3, 0.4) is 0 Å². The highest BCUT2D eigenvalue weighted by Gasteiger charge is 2.20. The largest absolute Gasteiger partial charge is 0.496 e. The van der Waals surface area contributed by atoms with Crippen LogP contribution in [-0.2, 0) is 0 Å². The SMILES string of the molecule is COc1ccc(Cl)cc1C(NN)c1sccc1Br. The van der Waals surface area contributed by atoms with Gasteiger partial charge in [0.25, 0.3) is 0 Å². The summed E-state index contributed by atoms with van der Waals surface area (Å²) in [5.74, 6) is 6.43. The lowest BCUT2D eigenvalue weighted by atomic mass is 10.0. The Morgan fingerprint density at radius 2 is 2.22 bits per heavy atom. The molecule has 1 aromatic heterocycles. The molecule has 2 rings (SSSR count). The van der Waals surface area contributed by atoms with E-state index in [0.29, 0.717) is 5.02 Å². The van der Waals surface area contributed by atoms with Crippen LogP contribution in [0.25, 0.3) is 0 Å². The average molecular weight is 348 g/mol. The molecule has 0 saturated carbocycles. The topological polar surface area (TPSA) is 47.3 Å². The molecule has 3 nitrogen and oxygen atoms in total. The monoisotopic (exact) mass is 346 g/mol. The van der Waals surface area contributed by atoms with Gasteiger partial charge in [-0.05, 0) is 45.6 Å². The van der Waals surface area contributed by atoms with Crippen LogP contribution in [0.15, 0.2) is 34.1 Å². The zero-order valence-corrected chi connectivity index (χ0v) is 12.8. The molecule has 1 unspecified atom stereocenters. The van der Waals surface area contributed by atoms with Crippen molar-refractivity contribution in [2.75, 3.05) is 7.11 Å². The summed E-state index contributed by atoms with van der Waals surface area (Å²) in [6.45, 7) is 0. The van der Waals surface area contributed by atoms with Crippen LogP contribution in [0.2, 0.25) is 5.02 Å². The number of rotatable bonds is 4. The minimum Gasteiger partial charge on any atom is -0.496 e. The maximum atomic E-state index is 6.04. The van der Waals surface area contributed by atoms with E-state index >= 15 is 0 Å². The Bertz CT molecular complexity index is 547. The molecule has 2 aromatic rings. The summed E-state index contributed by atoms with van der Waals surface area (Å²) >= 11 is 11.2. The van der Waals surface area contributed by atoms with Gasteiger partial charge in [-0.2, -0.15) is 0 Å². The highest BCUT2D eigenvalue weighted by molar-refractivity contribution is 9.10. The predicted octanol–water partition coefficient (Wildman–Crippen LogP) is 3.73. The van der Waals surface area contributed by atoms with Crippen LogP contribution >= 0.6 is 38.9 Å². The molecule has 18 heavy (non-hydrogen) atoms. The second-order valence-corrected chi connectivity index (χ2v) is 5.86. The van der Waals surface area contributed by atoms with E-state index in [1.807, 2.05) is 23.6 Å². The molecule has 0 fully saturated rings. The van der Waals surface area contributed by atoms with Crippen LogP contribution in [0.4, 0.5) is 0 Å². The van der Waals surface area contributed by atoms with Crippen LogP contribution in [0.5, 0.6) is 5.75 Å². The fourth-order valence-electron chi connectivity index (χ4n) is 1.75. The van der Waals surface area contributed by atoms with Crippen molar-refractivity contribution in [2.24, 2.45) is 5.84 Å². The zero-order valence-electron chi connectivity index (χ0n) is 9.61. The Hall–Kier alpha value is -0.590. The molecule has 0 spiro atoms. The molecule has 96 valence electrons. The van der Waals surface area contributed by atoms with Crippen molar-refractivity contribution in [1.29, 1.82) is 0 Å². The summed E-state index contributed by atoms with van der Waals surface area (Å²) in [5, 5.41) is 2.65. The van der Waals surface area contributed by atoms with Gasteiger partial charge in [0, 0.05) is 19.9 Å². The lowest BCUT2D eigenvalue weighted by Gasteiger charge is -2.18. The van der Waals surface area contributed by atoms with Gasteiger partial charge in [-0.15, -0.1) is 11.3 Å². The standard InChI is InChI=1S/C12H12BrClN2OS/c1-17-10-3-2-7(14)6-8(10)11(16-15)12-9(13)4-5-18-12/h2-6,11,16H,15H2,1H3. The van der Waals surface area contributed by atoms with E-state index in [1.165, 1.54) is 0 Å². The number of ether oxygens (including phenoxy) is 1. The van der Waals surface area contributed by atoms with Gasteiger partial charge in [0.2, 0.25) is 0 Å². The lowest BCUT2D eigenvalue weighted by molar-refractivity contribution is 0.404. The molecule has 0 aliphatic carbocycles. The van der Waals surface area contributed by atoms with E-state index < -0.39 is 0 Å². The van der Waals surface area contributed by atoms with Crippen molar-refractivity contribution in [2.45, 2.75) is 6.04 Å². The number of hydrogen-bond acceptors (Lipinski definition) is 4. The third-order valence-corrected chi connectivity index (χ3v) is 4.75. The van der Waals surface area contributed by atoms with Crippen molar-refractivity contribution >= 4 is 38.9 Å². The molecule has 3 N–H and O–H groups in total. The Labute approximate surface area is 123 Å². The first kappa shape index (κ1) is 13.8. The van der Waals surface area contributed by atoms with Gasteiger partial charge >= 0.3 is 0 Å². The number of nitrogens with one attached hydrogen (secondary N) is 1. The smallest absolute Gasteiger partial charge is 0.124 e. The van der Waals surface area contributed by atoms with Crippen molar-refractivity contribution in [3.05, 3.63) is 49.6 Å². The number of hydrazine groups is 1. The van der Waals surface area contributed by atoms with E-state index in [-0.39, 0.29) is 6.04 Å². The number of methoxy groups -OCH3 is 1. The van der Waals surface area contributed by atoms with Crippen molar-refractivity contribution < 1.29 is 4.74 Å². The summed E-state index contributed by atoms with van der Waals surface area (Å²) in [4.78, 5) is 1.08. The summed E-state index contributed by atoms with van der Waals surface area (Å²) in [6, 6.07) is 7.32. The zero-order chi connectivity index (χ0) is 13.1. The maximum absolute atomic E-state index is 6.04. The summed E-state index contributed by atoms with van der Waals surface area (Å²) in [7, 11) is 1.63. The van der Waals surface area contributed by atoms with E-state index in [4.69, 9.17) is 22.2 Å². The number of nitrogens with two attached hydrogens (primary N) is 1. The molecule has 1 aromatic carbocycles. The fourth-order valence-corrected chi connectivity index (χ4v) is 3.61. The minimum absolute atomic E-state index is 0.159. The quantitative estimate of drug-likeness (QED) is 0.654. The molecular formula is C12H12BrClN2OS. The van der Waals surface area contributed by atoms with E-state index in [2.05, 4.69) is 21.4 Å². The predicted molar refractivity (Wildman–Crippen MR) is 79.2 cm³/mol. The number of thiophene rings is 1. The van der Waals surface area contributed by atoms with Gasteiger partial charge in [0.15, 0.2) is 0 Å². The van der Waals surface area contributed by atoms with Crippen LogP contribution in [0.1, 0.15) is 16.5 Å². The Balaban J connectivity index is 2.51. The number of benzene rings is 1. The Morgan fingerprint density at radius 3 is 2.78 bits per heavy atom. The van der Waals surface area contributed by atoms with Crippen LogP contribution < -0.4 is 16.0 Å². The maximum Gasteiger partial charge on any atom is 0.124 e. The summed E-state index contributed by atoms with van der Waals surface area (Å²) in [5.41, 5.74) is 3.72. The molecule has 0 saturated heterocycles. The minimum atomic E-state index is -0.159. The van der Waals surface area contributed by atoms with Crippen LogP contribution in [0, 0.1) is 0 Å². The second kappa shape index (κ2) is 6.04. The first-order valence-electron chi connectivity index (χ1n) is 5.19. The third kappa shape index (κ3) is 2.70. The van der Waals surface area contributed by atoms with Crippen molar-refractivity contribution in [1.82, 2.24) is 5.43 Å². The Kier molecular flexibility index (Phi) is 4.64. The van der Waals surface area contributed by atoms with Crippen LogP contribution in [-0.4, -0.2) is 7.11 Å². The molecule has 0 bridgehead atoms. The van der Waals surface area contributed by atoms with E-state index in [1.54, 1.807) is 24.5 Å². The Morgan fingerprint density at radius 1 is 1.44 bits per heavy atom. The average Bonchev–Trinajstić information content (AvgIpc) is 2.77. The molecule has 6 heteroatoms. The number of halogens is 2. The van der Waals surface area contributed by atoms with E-state index in [0.717, 1.165) is 20.7 Å². The van der Waals surface area contributed by atoms with Gasteiger partial charge in [0.1, 0.15) is 5.75 Å². The van der Waals surface area contributed by atoms with Crippen molar-refractivity contribution in [3.63, 3.8) is 0 Å². The van der Waals surface area contributed by atoms with Gasteiger partial charge in [-0.1, -0.05) is 11.6 Å². The van der Waals surface area contributed by atoms with Gasteiger partial charge in [-0.3, -0.25) is 5.84 Å². The van der Waals surface area contributed by atoms with E-state index in [9.17, 15) is 0 Å². The molecule has 0 radical (unpaired) electrons.